The predicted octanol–water partition coefficient (Wildman–Crippen LogP) is 0.745. The van der Waals surface area contributed by atoms with Gasteiger partial charge < -0.3 is 4.74 Å². The first-order valence-electron chi connectivity index (χ1n) is 4.29. The van der Waals surface area contributed by atoms with Gasteiger partial charge >= 0.3 is 0 Å². The summed E-state index contributed by atoms with van der Waals surface area (Å²) in [5, 5.41) is 13.0. The van der Waals surface area contributed by atoms with Crippen LogP contribution in [0.1, 0.15) is 19.9 Å². The highest BCUT2D eigenvalue weighted by Gasteiger charge is 2.23. The largest absolute Gasteiger partial charge is 0.379 e. The third-order valence-corrected chi connectivity index (χ3v) is 2.92. The third kappa shape index (κ3) is 1.83. The molecular formula is C7H12N4OS. The molecular weight excluding hydrogens is 188 g/mol. The highest BCUT2D eigenvalue weighted by Crippen LogP contribution is 2.26. The molecule has 0 radical (unpaired) electrons. The fourth-order valence-corrected chi connectivity index (χ4v) is 2.08. The van der Waals surface area contributed by atoms with Crippen LogP contribution >= 0.6 is 11.8 Å². The number of rotatable bonds is 3. The maximum atomic E-state index is 5.09. The first-order chi connectivity index (χ1) is 6.27. The van der Waals surface area contributed by atoms with Crippen LogP contribution in [0, 0.1) is 0 Å². The molecule has 5 nitrogen and oxygen atoms in total. The molecule has 0 unspecified atom stereocenters. The summed E-state index contributed by atoms with van der Waals surface area (Å²) < 4.78 is 6.92. The molecule has 1 fully saturated rings. The highest BCUT2D eigenvalue weighted by molar-refractivity contribution is 7.99. The number of hydrogen-bond donors (Lipinski definition) is 0. The molecule has 0 aromatic carbocycles. The lowest BCUT2D eigenvalue weighted by Gasteiger charge is -2.24. The SMILES string of the molecule is CC(C)n1nnnc1SC1COC1. The van der Waals surface area contributed by atoms with Crippen molar-refractivity contribution in [2.24, 2.45) is 0 Å². The van der Waals surface area contributed by atoms with Crippen molar-refractivity contribution in [2.45, 2.75) is 30.3 Å². The minimum absolute atomic E-state index is 0.318. The van der Waals surface area contributed by atoms with Crippen molar-refractivity contribution in [2.75, 3.05) is 13.2 Å². The standard InChI is InChI=1S/C7H12N4OS/c1-5(2)11-7(8-9-10-11)13-6-3-12-4-6/h5-6H,3-4H2,1-2H3. The second kappa shape index (κ2) is 3.63. The van der Waals surface area contributed by atoms with Crippen molar-refractivity contribution in [3.8, 4) is 0 Å². The summed E-state index contributed by atoms with van der Waals surface area (Å²) in [5.41, 5.74) is 0. The van der Waals surface area contributed by atoms with E-state index in [1.807, 2.05) is 4.68 Å². The molecule has 1 aliphatic rings. The average molecular weight is 200 g/mol. The summed E-state index contributed by atoms with van der Waals surface area (Å²) >= 11 is 1.69. The second-order valence-corrected chi connectivity index (χ2v) is 4.54. The number of ether oxygens (including phenoxy) is 1. The van der Waals surface area contributed by atoms with Crippen LogP contribution in [0.3, 0.4) is 0 Å². The van der Waals surface area contributed by atoms with Crippen LogP contribution in [0.5, 0.6) is 0 Å². The minimum atomic E-state index is 0.318. The van der Waals surface area contributed by atoms with Gasteiger partial charge in [0.25, 0.3) is 0 Å². The fraction of sp³-hybridized carbons (Fsp3) is 0.857. The van der Waals surface area contributed by atoms with Gasteiger partial charge in [0.15, 0.2) is 0 Å². The first kappa shape index (κ1) is 8.96. The summed E-state index contributed by atoms with van der Waals surface area (Å²) in [6.45, 7) is 5.76. The molecule has 0 spiro atoms. The first-order valence-corrected chi connectivity index (χ1v) is 5.17. The molecule has 0 atom stereocenters. The van der Waals surface area contributed by atoms with Gasteiger partial charge in [0.1, 0.15) is 0 Å². The summed E-state index contributed by atoms with van der Waals surface area (Å²) in [7, 11) is 0. The number of hydrogen-bond acceptors (Lipinski definition) is 5. The van der Waals surface area contributed by atoms with E-state index in [9.17, 15) is 0 Å². The smallest absolute Gasteiger partial charge is 0.209 e. The Morgan fingerprint density at radius 2 is 2.31 bits per heavy atom. The molecule has 0 saturated carbocycles. The Morgan fingerprint density at radius 3 is 2.85 bits per heavy atom. The Bertz CT molecular complexity index is 284. The van der Waals surface area contributed by atoms with E-state index in [1.54, 1.807) is 11.8 Å². The lowest BCUT2D eigenvalue weighted by atomic mass is 10.4. The third-order valence-electron chi connectivity index (χ3n) is 1.83. The highest BCUT2D eigenvalue weighted by atomic mass is 32.2. The van der Waals surface area contributed by atoms with Crippen molar-refractivity contribution in [3.05, 3.63) is 0 Å². The maximum Gasteiger partial charge on any atom is 0.209 e. The van der Waals surface area contributed by atoms with Crippen LogP contribution in [0.15, 0.2) is 5.16 Å². The second-order valence-electron chi connectivity index (χ2n) is 3.28. The van der Waals surface area contributed by atoms with Crippen LogP contribution < -0.4 is 0 Å². The van der Waals surface area contributed by atoms with Crippen LogP contribution in [0.2, 0.25) is 0 Å². The van der Waals surface area contributed by atoms with Gasteiger partial charge in [-0.3, -0.25) is 0 Å². The molecule has 1 saturated heterocycles. The molecule has 2 heterocycles. The molecule has 2 rings (SSSR count). The van der Waals surface area contributed by atoms with Crippen LogP contribution in [-0.4, -0.2) is 38.7 Å². The zero-order valence-corrected chi connectivity index (χ0v) is 8.49. The van der Waals surface area contributed by atoms with E-state index in [4.69, 9.17) is 4.74 Å². The maximum absolute atomic E-state index is 5.09. The van der Waals surface area contributed by atoms with Crippen LogP contribution in [0.4, 0.5) is 0 Å². The van der Waals surface area contributed by atoms with E-state index >= 15 is 0 Å². The predicted molar refractivity (Wildman–Crippen MR) is 48.7 cm³/mol. The number of aromatic nitrogens is 4. The van der Waals surface area contributed by atoms with E-state index < -0.39 is 0 Å². The summed E-state index contributed by atoms with van der Waals surface area (Å²) in [6.07, 6.45) is 0. The molecule has 1 aliphatic heterocycles. The number of thioether (sulfide) groups is 1. The molecule has 1 aromatic heterocycles. The van der Waals surface area contributed by atoms with E-state index in [2.05, 4.69) is 29.4 Å². The van der Waals surface area contributed by atoms with Gasteiger partial charge in [-0.1, -0.05) is 11.8 Å². The van der Waals surface area contributed by atoms with Gasteiger partial charge in [0, 0.05) is 0 Å². The van der Waals surface area contributed by atoms with Crippen molar-refractivity contribution in [1.82, 2.24) is 20.2 Å². The normalized spacial score (nSPS) is 17.8. The summed E-state index contributed by atoms with van der Waals surface area (Å²) in [6, 6.07) is 0.318. The quantitative estimate of drug-likeness (QED) is 0.720. The Hall–Kier alpha value is -0.620. The molecule has 72 valence electrons. The topological polar surface area (TPSA) is 52.8 Å². The minimum Gasteiger partial charge on any atom is -0.379 e. The van der Waals surface area contributed by atoms with Gasteiger partial charge in [-0.05, 0) is 24.3 Å². The van der Waals surface area contributed by atoms with Crippen molar-refractivity contribution < 1.29 is 4.74 Å². The zero-order valence-electron chi connectivity index (χ0n) is 7.67. The Kier molecular flexibility index (Phi) is 2.50. The van der Waals surface area contributed by atoms with Crippen LogP contribution in [0.25, 0.3) is 0 Å². The Labute approximate surface area is 80.8 Å². The van der Waals surface area contributed by atoms with E-state index in [1.165, 1.54) is 0 Å². The van der Waals surface area contributed by atoms with Gasteiger partial charge in [-0.15, -0.1) is 5.10 Å². The molecule has 6 heteroatoms. The Morgan fingerprint density at radius 1 is 1.54 bits per heavy atom. The Balaban J connectivity index is 2.05. The van der Waals surface area contributed by atoms with Crippen molar-refractivity contribution in [3.63, 3.8) is 0 Å². The summed E-state index contributed by atoms with van der Waals surface area (Å²) in [4.78, 5) is 0. The van der Waals surface area contributed by atoms with Gasteiger partial charge in [-0.2, -0.15) is 0 Å². The van der Waals surface area contributed by atoms with Gasteiger partial charge in [0.05, 0.1) is 24.5 Å². The zero-order chi connectivity index (χ0) is 9.26. The lowest BCUT2D eigenvalue weighted by molar-refractivity contribution is 0.0453. The van der Waals surface area contributed by atoms with Gasteiger partial charge in [0.2, 0.25) is 5.16 Å². The van der Waals surface area contributed by atoms with E-state index in [0.29, 0.717) is 11.3 Å². The van der Waals surface area contributed by atoms with Crippen molar-refractivity contribution in [1.29, 1.82) is 0 Å². The van der Waals surface area contributed by atoms with Crippen LogP contribution in [-0.2, 0) is 4.74 Å². The van der Waals surface area contributed by atoms with E-state index in [-0.39, 0.29) is 0 Å². The molecule has 13 heavy (non-hydrogen) atoms. The number of tetrazole rings is 1. The monoisotopic (exact) mass is 200 g/mol. The average Bonchev–Trinajstić information content (AvgIpc) is 2.44. The van der Waals surface area contributed by atoms with Gasteiger partial charge in [-0.25, -0.2) is 4.68 Å². The summed E-state index contributed by atoms with van der Waals surface area (Å²) in [5.74, 6) is 0. The molecule has 0 N–H and O–H groups in total. The lowest BCUT2D eigenvalue weighted by Crippen LogP contribution is -2.30. The van der Waals surface area contributed by atoms with E-state index in [0.717, 1.165) is 18.4 Å². The molecule has 0 aliphatic carbocycles. The fourth-order valence-electron chi connectivity index (χ4n) is 1.02. The molecule has 0 amide bonds. The molecule has 1 aromatic rings. The molecule has 0 bridgehead atoms. The number of nitrogens with zero attached hydrogens (tertiary/aromatic N) is 4. The van der Waals surface area contributed by atoms with Crippen molar-refractivity contribution >= 4 is 11.8 Å².